The Labute approximate surface area is 206 Å². The summed E-state index contributed by atoms with van der Waals surface area (Å²) in [5.74, 6) is 5.95. The van der Waals surface area contributed by atoms with Crippen molar-refractivity contribution in [2.24, 2.45) is 5.92 Å². The van der Waals surface area contributed by atoms with Crippen molar-refractivity contribution in [3.8, 4) is 11.8 Å². The second-order valence-electron chi connectivity index (χ2n) is 8.67. The first kappa shape index (κ1) is 25.7. The molecule has 1 aliphatic rings. The van der Waals surface area contributed by atoms with E-state index < -0.39 is 6.10 Å². The summed E-state index contributed by atoms with van der Waals surface area (Å²) in [6.45, 7) is 2.40. The van der Waals surface area contributed by atoms with Crippen molar-refractivity contribution in [2.75, 3.05) is 13.7 Å². The fourth-order valence-corrected chi connectivity index (χ4v) is 4.83. The van der Waals surface area contributed by atoms with Gasteiger partial charge in [0.15, 0.2) is 0 Å². The lowest BCUT2D eigenvalue weighted by atomic mass is 9.95. The average molecular weight is 480 g/mol. The zero-order valence-corrected chi connectivity index (χ0v) is 20.7. The highest BCUT2D eigenvalue weighted by atomic mass is 32.1. The van der Waals surface area contributed by atoms with Gasteiger partial charge in [-0.1, -0.05) is 67.7 Å². The maximum atomic E-state index is 12.3. The van der Waals surface area contributed by atoms with Crippen molar-refractivity contribution in [3.05, 3.63) is 69.9 Å². The van der Waals surface area contributed by atoms with Gasteiger partial charge in [-0.3, -0.25) is 4.79 Å². The molecule has 1 aromatic heterocycles. The average Bonchev–Trinajstić information content (AvgIpc) is 3.47. The fourth-order valence-electron chi connectivity index (χ4n) is 4.03. The summed E-state index contributed by atoms with van der Waals surface area (Å²) in [5.41, 5.74) is 1.35. The van der Waals surface area contributed by atoms with Crippen LogP contribution in [0.1, 0.15) is 59.1 Å². The van der Waals surface area contributed by atoms with Gasteiger partial charge in [0, 0.05) is 6.42 Å². The number of aliphatic hydroxyl groups excluding tert-OH is 1. The lowest BCUT2D eigenvalue weighted by Crippen LogP contribution is -2.32. The Bertz CT molecular complexity index is 1030. The number of esters is 1. The van der Waals surface area contributed by atoms with Crippen LogP contribution in [0.25, 0.3) is 0 Å². The maximum absolute atomic E-state index is 12.3. The third-order valence-electron chi connectivity index (χ3n) is 6.16. The Balaban J connectivity index is 1.45. The number of aliphatic hydroxyl groups is 1. The van der Waals surface area contributed by atoms with Crippen molar-refractivity contribution in [3.63, 3.8) is 0 Å². The first-order valence-electron chi connectivity index (χ1n) is 11.8. The molecule has 1 N–H and O–H groups in total. The summed E-state index contributed by atoms with van der Waals surface area (Å²) in [6.07, 6.45) is 8.72. The van der Waals surface area contributed by atoms with Gasteiger partial charge < -0.3 is 14.7 Å². The Morgan fingerprint density at radius 1 is 1.26 bits per heavy atom. The molecule has 1 saturated heterocycles. The Morgan fingerprint density at radius 2 is 2.06 bits per heavy atom. The molecule has 180 valence electrons. The molecule has 0 bridgehead atoms. The van der Waals surface area contributed by atoms with Crippen LogP contribution in [0.2, 0.25) is 0 Å². The standard InChI is InChI=1S/C28H33NO4S/c1-21(9-6-7-12-22-10-4-3-5-11-22)25(30)17-14-23-15-19-27(31)29(23)20-8-13-24-16-18-26(34-24)28(32)33-2/h3-5,10-11,14,16-18,21,23,25,30H,6-7,9,12,15,19-20H2,1-2H3/t21-,23?,25+/m0/s1. The third-order valence-corrected chi connectivity index (χ3v) is 7.14. The van der Waals surface area contributed by atoms with E-state index in [0.29, 0.717) is 17.8 Å². The summed E-state index contributed by atoms with van der Waals surface area (Å²) in [7, 11) is 1.35. The molecule has 0 radical (unpaired) electrons. The molecule has 0 spiro atoms. The van der Waals surface area contributed by atoms with Crippen molar-refractivity contribution < 1.29 is 19.4 Å². The van der Waals surface area contributed by atoms with Crippen LogP contribution in [0.15, 0.2) is 54.6 Å². The van der Waals surface area contributed by atoms with Gasteiger partial charge in [-0.25, -0.2) is 4.79 Å². The molecule has 3 rings (SSSR count). The highest BCUT2D eigenvalue weighted by molar-refractivity contribution is 7.14. The Kier molecular flexibility index (Phi) is 9.93. The number of ether oxygens (including phenoxy) is 1. The molecule has 5 nitrogen and oxygen atoms in total. The number of methoxy groups -OCH3 is 1. The molecule has 34 heavy (non-hydrogen) atoms. The molecule has 1 unspecified atom stereocenters. The largest absolute Gasteiger partial charge is 0.465 e. The molecule has 0 aliphatic carbocycles. The molecule has 6 heteroatoms. The van der Waals surface area contributed by atoms with Gasteiger partial charge >= 0.3 is 5.97 Å². The molecular formula is C28H33NO4S. The number of hydrogen-bond donors (Lipinski definition) is 1. The second kappa shape index (κ2) is 13.1. The molecule has 2 aromatic rings. The van der Waals surface area contributed by atoms with E-state index in [0.717, 1.165) is 37.0 Å². The van der Waals surface area contributed by atoms with Crippen LogP contribution in [0, 0.1) is 17.8 Å². The van der Waals surface area contributed by atoms with E-state index in [1.807, 2.05) is 18.2 Å². The number of unbranched alkanes of at least 4 members (excludes halogenated alkanes) is 1. The summed E-state index contributed by atoms with van der Waals surface area (Å²) < 4.78 is 4.71. The van der Waals surface area contributed by atoms with Crippen LogP contribution in [-0.2, 0) is 16.0 Å². The van der Waals surface area contributed by atoms with Crippen molar-refractivity contribution in [2.45, 2.75) is 57.6 Å². The van der Waals surface area contributed by atoms with Crippen molar-refractivity contribution >= 4 is 23.2 Å². The van der Waals surface area contributed by atoms with Gasteiger partial charge in [-0.05, 0) is 49.3 Å². The number of likely N-dealkylation sites (tertiary alicyclic amines) is 1. The van der Waals surface area contributed by atoms with E-state index in [9.17, 15) is 14.7 Å². The molecular weight excluding hydrogens is 446 g/mol. The molecule has 1 aromatic carbocycles. The number of benzene rings is 1. The smallest absolute Gasteiger partial charge is 0.348 e. The minimum atomic E-state index is -0.525. The summed E-state index contributed by atoms with van der Waals surface area (Å²) in [5, 5.41) is 10.6. The summed E-state index contributed by atoms with van der Waals surface area (Å²) in [6, 6.07) is 13.9. The molecule has 0 saturated carbocycles. The predicted octanol–water partition coefficient (Wildman–Crippen LogP) is 4.84. The topological polar surface area (TPSA) is 66.8 Å². The van der Waals surface area contributed by atoms with E-state index in [1.165, 1.54) is 24.0 Å². The van der Waals surface area contributed by atoms with Gasteiger partial charge in [0.1, 0.15) is 4.88 Å². The monoisotopic (exact) mass is 479 g/mol. The van der Waals surface area contributed by atoms with E-state index in [1.54, 1.807) is 17.0 Å². The van der Waals surface area contributed by atoms with Crippen LogP contribution < -0.4 is 0 Å². The van der Waals surface area contributed by atoms with Crippen molar-refractivity contribution in [1.29, 1.82) is 0 Å². The second-order valence-corrected chi connectivity index (χ2v) is 9.75. The highest BCUT2D eigenvalue weighted by Crippen LogP contribution is 2.22. The summed E-state index contributed by atoms with van der Waals surface area (Å²) in [4.78, 5) is 26.9. The molecule has 1 aliphatic heterocycles. The molecule has 2 heterocycles. The number of aryl methyl sites for hydroxylation is 1. The quantitative estimate of drug-likeness (QED) is 0.229. The molecule has 3 atom stereocenters. The van der Waals surface area contributed by atoms with Gasteiger partial charge in [-0.15, -0.1) is 11.3 Å². The lowest BCUT2D eigenvalue weighted by molar-refractivity contribution is -0.127. The van der Waals surface area contributed by atoms with Gasteiger partial charge in [0.2, 0.25) is 5.91 Å². The van der Waals surface area contributed by atoms with Crippen LogP contribution in [0.5, 0.6) is 0 Å². The number of carbonyl (C=O) groups excluding carboxylic acids is 2. The van der Waals surface area contributed by atoms with Crippen LogP contribution >= 0.6 is 11.3 Å². The maximum Gasteiger partial charge on any atom is 0.348 e. The Hall–Kier alpha value is -2.88. The first-order chi connectivity index (χ1) is 16.5. The van der Waals surface area contributed by atoms with E-state index in [4.69, 9.17) is 4.74 Å². The molecule has 1 fully saturated rings. The summed E-state index contributed by atoms with van der Waals surface area (Å²) >= 11 is 1.28. The minimum absolute atomic E-state index is 0.0457. The number of nitrogens with zero attached hydrogens (tertiary/aromatic N) is 1. The number of thiophene rings is 1. The van der Waals surface area contributed by atoms with Gasteiger partial charge in [-0.2, -0.15) is 0 Å². The zero-order chi connectivity index (χ0) is 24.3. The van der Waals surface area contributed by atoms with Gasteiger partial charge in [0.25, 0.3) is 0 Å². The number of hydrogen-bond acceptors (Lipinski definition) is 5. The van der Waals surface area contributed by atoms with E-state index in [2.05, 4.69) is 43.0 Å². The number of amides is 1. The third kappa shape index (κ3) is 7.58. The van der Waals surface area contributed by atoms with Crippen LogP contribution in [-0.4, -0.2) is 47.7 Å². The van der Waals surface area contributed by atoms with Crippen molar-refractivity contribution in [1.82, 2.24) is 4.90 Å². The first-order valence-corrected chi connectivity index (χ1v) is 12.7. The van der Waals surface area contributed by atoms with Crippen LogP contribution in [0.4, 0.5) is 0 Å². The van der Waals surface area contributed by atoms with Gasteiger partial charge in [0.05, 0.1) is 30.7 Å². The zero-order valence-electron chi connectivity index (χ0n) is 19.9. The van der Waals surface area contributed by atoms with E-state index >= 15 is 0 Å². The lowest BCUT2D eigenvalue weighted by Gasteiger charge is -2.21. The highest BCUT2D eigenvalue weighted by Gasteiger charge is 2.28. The Morgan fingerprint density at radius 3 is 2.82 bits per heavy atom. The van der Waals surface area contributed by atoms with Crippen LogP contribution in [0.3, 0.4) is 0 Å². The predicted molar refractivity (Wildman–Crippen MR) is 136 cm³/mol. The molecule has 1 amide bonds. The number of carbonyl (C=O) groups is 2. The SMILES string of the molecule is COC(=O)c1ccc(C#CCN2C(=O)CCC2C=C[C@@H](O)[C@@H](C)CCCCc2ccccc2)s1. The number of rotatable bonds is 10. The minimum Gasteiger partial charge on any atom is -0.465 e. The normalized spacial score (nSPS) is 17.4. The fraction of sp³-hybridized carbons (Fsp3) is 0.429. The van der Waals surface area contributed by atoms with E-state index in [-0.39, 0.29) is 23.8 Å².